The van der Waals surface area contributed by atoms with Crippen LogP contribution in [0.5, 0.6) is 0 Å². The Hall–Kier alpha value is -2.13. The molecule has 0 saturated carbocycles. The van der Waals surface area contributed by atoms with E-state index in [4.69, 9.17) is 4.55 Å². The second-order valence-electron chi connectivity index (χ2n) is 5.67. The van der Waals surface area contributed by atoms with E-state index in [9.17, 15) is 18.0 Å². The molecule has 1 atom stereocenters. The summed E-state index contributed by atoms with van der Waals surface area (Å²) in [5, 5.41) is 5.25. The van der Waals surface area contributed by atoms with Gasteiger partial charge in [-0.15, -0.1) is 0 Å². The van der Waals surface area contributed by atoms with Gasteiger partial charge in [-0.3, -0.25) is 18.9 Å². The van der Waals surface area contributed by atoms with Gasteiger partial charge in [-0.2, -0.15) is 8.42 Å². The molecule has 1 aromatic rings. The Kier molecular flexibility index (Phi) is 8.36. The lowest BCUT2D eigenvalue weighted by molar-refractivity contribution is -0.128. The standard InChI is InChI=1S/C16H25N3O5S/c1-3-4-5-6-15(20)18-14(16(21)17-2)11-12-7-9-13(10-8-12)19-25(22,23)24/h7-10,14,19H,3-6,11H2,1-2H3,(H,17,21)(H,18,20)(H,22,23,24)/t14-/m0/s1. The molecule has 0 radical (unpaired) electrons. The van der Waals surface area contributed by atoms with Crippen molar-refractivity contribution in [1.29, 1.82) is 0 Å². The predicted octanol–water partition coefficient (Wildman–Crippen LogP) is 1.25. The summed E-state index contributed by atoms with van der Waals surface area (Å²) in [7, 11) is -2.83. The summed E-state index contributed by atoms with van der Waals surface area (Å²) in [5.41, 5.74) is 0.940. The molecule has 9 heteroatoms. The van der Waals surface area contributed by atoms with Crippen LogP contribution in [0.25, 0.3) is 0 Å². The molecule has 0 unspecified atom stereocenters. The second kappa shape index (κ2) is 10.00. The summed E-state index contributed by atoms with van der Waals surface area (Å²) in [6, 6.07) is 5.46. The summed E-state index contributed by atoms with van der Waals surface area (Å²) in [4.78, 5) is 23.9. The maximum absolute atomic E-state index is 12.0. The zero-order valence-electron chi connectivity index (χ0n) is 14.4. The van der Waals surface area contributed by atoms with Crippen molar-refractivity contribution >= 4 is 27.8 Å². The molecule has 0 spiro atoms. The monoisotopic (exact) mass is 371 g/mol. The number of nitrogens with one attached hydrogen (secondary N) is 3. The number of amides is 2. The average molecular weight is 371 g/mol. The first-order valence-corrected chi connectivity index (χ1v) is 9.54. The Morgan fingerprint density at radius 3 is 2.32 bits per heavy atom. The van der Waals surface area contributed by atoms with Crippen LogP contribution < -0.4 is 15.4 Å². The van der Waals surface area contributed by atoms with Crippen LogP contribution in [0.15, 0.2) is 24.3 Å². The van der Waals surface area contributed by atoms with Crippen molar-refractivity contribution in [3.8, 4) is 0 Å². The predicted molar refractivity (Wildman–Crippen MR) is 95.5 cm³/mol. The van der Waals surface area contributed by atoms with Gasteiger partial charge in [-0.1, -0.05) is 31.9 Å². The summed E-state index contributed by atoms with van der Waals surface area (Å²) in [5.74, 6) is -0.476. The van der Waals surface area contributed by atoms with Crippen molar-refractivity contribution in [2.24, 2.45) is 0 Å². The van der Waals surface area contributed by atoms with Gasteiger partial charge in [0.25, 0.3) is 0 Å². The molecule has 0 aromatic heterocycles. The van der Waals surface area contributed by atoms with Gasteiger partial charge in [0, 0.05) is 19.9 Å². The lowest BCUT2D eigenvalue weighted by Crippen LogP contribution is -2.47. The third kappa shape index (κ3) is 8.50. The summed E-state index contributed by atoms with van der Waals surface area (Å²) in [6.45, 7) is 2.05. The first-order valence-electron chi connectivity index (χ1n) is 8.10. The van der Waals surface area contributed by atoms with Crippen LogP contribution in [-0.4, -0.2) is 37.9 Å². The molecule has 1 aromatic carbocycles. The maximum atomic E-state index is 12.0. The highest BCUT2D eigenvalue weighted by Crippen LogP contribution is 2.12. The summed E-state index contributed by atoms with van der Waals surface area (Å²) in [6.07, 6.45) is 3.39. The van der Waals surface area contributed by atoms with Crippen molar-refractivity contribution < 1.29 is 22.6 Å². The normalized spacial score (nSPS) is 12.3. The van der Waals surface area contributed by atoms with E-state index in [1.807, 2.05) is 11.6 Å². The van der Waals surface area contributed by atoms with Crippen molar-refractivity contribution in [2.75, 3.05) is 11.8 Å². The molecule has 0 saturated heterocycles. The van der Waals surface area contributed by atoms with Crippen LogP contribution in [0.2, 0.25) is 0 Å². The molecule has 0 bridgehead atoms. The van der Waals surface area contributed by atoms with E-state index in [1.54, 1.807) is 12.1 Å². The minimum atomic E-state index is -4.33. The molecular weight excluding hydrogens is 346 g/mol. The topological polar surface area (TPSA) is 125 Å². The van der Waals surface area contributed by atoms with Crippen LogP contribution in [0.3, 0.4) is 0 Å². The van der Waals surface area contributed by atoms with Crippen LogP contribution in [0, 0.1) is 0 Å². The molecule has 0 fully saturated rings. The van der Waals surface area contributed by atoms with E-state index in [-0.39, 0.29) is 23.9 Å². The van der Waals surface area contributed by atoms with E-state index < -0.39 is 16.3 Å². The molecule has 0 heterocycles. The zero-order chi connectivity index (χ0) is 18.9. The first kappa shape index (κ1) is 20.9. The lowest BCUT2D eigenvalue weighted by Gasteiger charge is -2.17. The maximum Gasteiger partial charge on any atom is 0.357 e. The van der Waals surface area contributed by atoms with Gasteiger partial charge in [0.1, 0.15) is 6.04 Å². The SMILES string of the molecule is CCCCCC(=O)N[C@@H](Cc1ccc(NS(=O)(=O)O)cc1)C(=O)NC. The lowest BCUT2D eigenvalue weighted by atomic mass is 10.0. The third-order valence-corrected chi connectivity index (χ3v) is 4.04. The number of benzene rings is 1. The van der Waals surface area contributed by atoms with Gasteiger partial charge in [0.05, 0.1) is 5.69 Å². The quantitative estimate of drug-likeness (QED) is 0.364. The highest BCUT2D eigenvalue weighted by Gasteiger charge is 2.20. The van der Waals surface area contributed by atoms with E-state index >= 15 is 0 Å². The Balaban J connectivity index is 2.71. The van der Waals surface area contributed by atoms with Crippen LogP contribution >= 0.6 is 0 Å². The number of hydrogen-bond donors (Lipinski definition) is 4. The molecule has 1 rings (SSSR count). The van der Waals surface area contributed by atoms with E-state index in [0.717, 1.165) is 24.8 Å². The van der Waals surface area contributed by atoms with Crippen LogP contribution in [0.4, 0.5) is 5.69 Å². The molecule has 4 N–H and O–H groups in total. The van der Waals surface area contributed by atoms with Crippen LogP contribution in [0.1, 0.15) is 38.2 Å². The van der Waals surface area contributed by atoms with E-state index in [2.05, 4.69) is 10.6 Å². The number of carbonyl (C=O) groups excluding carboxylic acids is 2. The van der Waals surface area contributed by atoms with Crippen molar-refractivity contribution in [3.63, 3.8) is 0 Å². The number of likely N-dealkylation sites (N-methyl/N-ethyl adjacent to an activating group) is 1. The summed E-state index contributed by atoms with van der Waals surface area (Å²) < 4.78 is 32.2. The van der Waals surface area contributed by atoms with Gasteiger partial charge in [0.2, 0.25) is 11.8 Å². The van der Waals surface area contributed by atoms with Gasteiger partial charge in [0.15, 0.2) is 0 Å². The number of hydrogen-bond acceptors (Lipinski definition) is 4. The van der Waals surface area contributed by atoms with Crippen molar-refractivity contribution in [3.05, 3.63) is 29.8 Å². The highest BCUT2D eigenvalue weighted by atomic mass is 32.2. The fraction of sp³-hybridized carbons (Fsp3) is 0.500. The smallest absolute Gasteiger partial charge is 0.357 e. The highest BCUT2D eigenvalue weighted by molar-refractivity contribution is 7.87. The molecule has 0 aliphatic carbocycles. The number of rotatable bonds is 10. The summed E-state index contributed by atoms with van der Waals surface area (Å²) >= 11 is 0. The molecule has 0 aliphatic rings. The van der Waals surface area contributed by atoms with Crippen LogP contribution in [-0.2, 0) is 26.3 Å². The Morgan fingerprint density at radius 2 is 1.80 bits per heavy atom. The average Bonchev–Trinajstić information content (AvgIpc) is 2.54. The van der Waals surface area contributed by atoms with E-state index in [1.165, 1.54) is 19.2 Å². The molecule has 2 amide bonds. The molecule has 25 heavy (non-hydrogen) atoms. The molecule has 0 aliphatic heterocycles. The second-order valence-corrected chi connectivity index (χ2v) is 6.82. The zero-order valence-corrected chi connectivity index (χ0v) is 15.2. The third-order valence-electron chi connectivity index (χ3n) is 3.55. The Morgan fingerprint density at radius 1 is 1.16 bits per heavy atom. The first-order chi connectivity index (χ1) is 11.7. The van der Waals surface area contributed by atoms with E-state index in [0.29, 0.717) is 6.42 Å². The molecular formula is C16H25N3O5S. The largest absolute Gasteiger partial charge is 0.357 e. The Labute approximate surface area is 148 Å². The van der Waals surface area contributed by atoms with Crippen molar-refractivity contribution in [1.82, 2.24) is 10.6 Å². The Bertz CT molecular complexity index is 674. The van der Waals surface area contributed by atoms with Crippen molar-refractivity contribution in [2.45, 2.75) is 45.1 Å². The number of carbonyl (C=O) groups is 2. The van der Waals surface area contributed by atoms with Gasteiger partial charge < -0.3 is 10.6 Å². The minimum absolute atomic E-state index is 0.174. The minimum Gasteiger partial charge on any atom is -0.357 e. The number of anilines is 1. The van der Waals surface area contributed by atoms with Gasteiger partial charge >= 0.3 is 10.3 Å². The van der Waals surface area contributed by atoms with Gasteiger partial charge in [-0.05, 0) is 24.1 Å². The molecule has 140 valence electrons. The fourth-order valence-corrected chi connectivity index (χ4v) is 2.71. The number of unbranched alkanes of at least 4 members (excludes halogenated alkanes) is 2. The fourth-order valence-electron chi connectivity index (χ4n) is 2.28. The molecule has 8 nitrogen and oxygen atoms in total. The van der Waals surface area contributed by atoms with Gasteiger partial charge in [-0.25, -0.2) is 0 Å².